The van der Waals surface area contributed by atoms with Crippen LogP contribution in [-0.2, 0) is 24.1 Å². The topological polar surface area (TPSA) is 42.2 Å². The number of benzene rings is 3. The van der Waals surface area contributed by atoms with Gasteiger partial charge in [-0.05, 0) is 60.2 Å². The molecule has 0 atom stereocenters. The van der Waals surface area contributed by atoms with Crippen molar-refractivity contribution in [3.63, 3.8) is 0 Å². The van der Waals surface area contributed by atoms with Crippen molar-refractivity contribution in [3.05, 3.63) is 102 Å². The molecule has 0 saturated carbocycles. The minimum atomic E-state index is -0.807. The van der Waals surface area contributed by atoms with Gasteiger partial charge < -0.3 is 9.67 Å². The lowest BCUT2D eigenvalue weighted by atomic mass is 10.0. The summed E-state index contributed by atoms with van der Waals surface area (Å²) >= 11 is 0. The Hall–Kier alpha value is -3.40. The summed E-state index contributed by atoms with van der Waals surface area (Å²) in [6.45, 7) is 0. The third-order valence-electron chi connectivity index (χ3n) is 5.22. The Morgan fingerprint density at radius 3 is 2.38 bits per heavy atom. The first-order chi connectivity index (χ1) is 14.1. The van der Waals surface area contributed by atoms with Crippen molar-refractivity contribution in [1.82, 2.24) is 4.57 Å². The van der Waals surface area contributed by atoms with E-state index in [1.165, 1.54) is 11.6 Å². The summed E-state index contributed by atoms with van der Waals surface area (Å²) in [5, 5.41) is 10.0. The number of halogens is 1. The molecular weight excluding hydrogens is 365 g/mol. The normalized spacial score (nSPS) is 11.1. The lowest BCUT2D eigenvalue weighted by molar-refractivity contribution is -0.136. The molecule has 0 unspecified atom stereocenters. The second kappa shape index (κ2) is 8.31. The molecule has 1 heterocycles. The summed E-state index contributed by atoms with van der Waals surface area (Å²) < 4.78 is 16.4. The molecule has 0 aliphatic carbocycles. The van der Waals surface area contributed by atoms with Crippen molar-refractivity contribution >= 4 is 16.9 Å². The van der Waals surface area contributed by atoms with E-state index in [9.17, 15) is 9.18 Å². The van der Waals surface area contributed by atoms with Crippen molar-refractivity contribution in [2.75, 3.05) is 0 Å². The summed E-state index contributed by atoms with van der Waals surface area (Å²) in [5.41, 5.74) is 4.80. The number of aliphatic carboxylic acids is 1. The highest BCUT2D eigenvalue weighted by Crippen LogP contribution is 2.28. The van der Waals surface area contributed by atoms with Crippen LogP contribution in [0.5, 0.6) is 0 Å². The number of aromatic nitrogens is 1. The highest BCUT2D eigenvalue weighted by atomic mass is 19.1. The van der Waals surface area contributed by atoms with Crippen LogP contribution in [0.15, 0.2) is 79.0 Å². The van der Waals surface area contributed by atoms with Gasteiger partial charge in [-0.2, -0.15) is 0 Å². The smallest absolute Gasteiger partial charge is 0.303 e. The molecule has 146 valence electrons. The number of carboxylic acids is 1. The number of hydrogen-bond donors (Lipinski definition) is 1. The third kappa shape index (κ3) is 4.21. The van der Waals surface area contributed by atoms with Gasteiger partial charge in [-0.3, -0.25) is 4.79 Å². The Kier molecular flexibility index (Phi) is 5.43. The summed E-state index contributed by atoms with van der Waals surface area (Å²) in [6.07, 6.45) is 4.29. The molecule has 0 aliphatic heterocycles. The molecule has 4 rings (SSSR count). The summed E-state index contributed by atoms with van der Waals surface area (Å²) in [4.78, 5) is 10.9. The van der Waals surface area contributed by atoms with Crippen LogP contribution in [0.25, 0.3) is 16.6 Å². The molecule has 0 bridgehead atoms. The Morgan fingerprint density at radius 2 is 1.62 bits per heavy atom. The SMILES string of the molecule is O=C(O)CCc1ccc2c(c1)c(CCc1ccccc1)cn2-c1ccccc1F. The van der Waals surface area contributed by atoms with Gasteiger partial charge in [-0.15, -0.1) is 0 Å². The number of carbonyl (C=O) groups is 1. The van der Waals surface area contributed by atoms with Crippen LogP contribution in [0.3, 0.4) is 0 Å². The number of nitrogens with zero attached hydrogens (tertiary/aromatic N) is 1. The predicted molar refractivity (Wildman–Crippen MR) is 113 cm³/mol. The van der Waals surface area contributed by atoms with Crippen molar-refractivity contribution in [2.24, 2.45) is 0 Å². The van der Waals surface area contributed by atoms with Gasteiger partial charge in [-0.1, -0.05) is 48.5 Å². The molecule has 0 radical (unpaired) electrons. The van der Waals surface area contributed by atoms with E-state index in [0.29, 0.717) is 12.1 Å². The van der Waals surface area contributed by atoms with Gasteiger partial charge in [0.1, 0.15) is 5.82 Å². The number of hydrogen-bond acceptors (Lipinski definition) is 1. The third-order valence-corrected chi connectivity index (χ3v) is 5.22. The molecular formula is C25H22FNO2. The molecule has 4 aromatic rings. The monoisotopic (exact) mass is 387 g/mol. The molecule has 4 heteroatoms. The lowest BCUT2D eigenvalue weighted by Gasteiger charge is -2.07. The highest BCUT2D eigenvalue weighted by Gasteiger charge is 2.13. The van der Waals surface area contributed by atoms with Gasteiger partial charge in [0.15, 0.2) is 0 Å². The van der Waals surface area contributed by atoms with E-state index in [1.54, 1.807) is 12.1 Å². The molecule has 29 heavy (non-hydrogen) atoms. The molecule has 3 nitrogen and oxygen atoms in total. The largest absolute Gasteiger partial charge is 0.481 e. The standard InChI is InChI=1S/C25H22FNO2/c26-22-8-4-5-9-24(22)27-17-20(13-10-18-6-2-1-3-7-18)21-16-19(11-14-23(21)27)12-15-25(28)29/h1-9,11,14,16-17H,10,12-13,15H2,(H,28,29). The zero-order valence-electron chi connectivity index (χ0n) is 16.0. The predicted octanol–water partition coefficient (Wildman–Crippen LogP) is 5.57. The quantitative estimate of drug-likeness (QED) is 0.450. The van der Waals surface area contributed by atoms with Crippen LogP contribution in [-0.4, -0.2) is 15.6 Å². The van der Waals surface area contributed by atoms with Crippen molar-refractivity contribution < 1.29 is 14.3 Å². The van der Waals surface area contributed by atoms with Gasteiger partial charge >= 0.3 is 5.97 Å². The van der Waals surface area contributed by atoms with E-state index in [2.05, 4.69) is 18.2 Å². The van der Waals surface area contributed by atoms with E-state index >= 15 is 0 Å². The van der Waals surface area contributed by atoms with Gasteiger partial charge in [0.05, 0.1) is 11.2 Å². The van der Waals surface area contributed by atoms with E-state index in [1.807, 2.05) is 47.2 Å². The van der Waals surface area contributed by atoms with Crippen LogP contribution in [0.2, 0.25) is 0 Å². The molecule has 0 aliphatic rings. The van der Waals surface area contributed by atoms with Crippen molar-refractivity contribution in [3.8, 4) is 5.69 Å². The number of aryl methyl sites for hydroxylation is 3. The molecule has 1 N–H and O–H groups in total. The average molecular weight is 387 g/mol. The second-order valence-corrected chi connectivity index (χ2v) is 7.21. The Balaban J connectivity index is 1.75. The van der Waals surface area contributed by atoms with Crippen LogP contribution in [0, 0.1) is 5.82 Å². The number of fused-ring (bicyclic) bond motifs is 1. The molecule has 3 aromatic carbocycles. The maximum Gasteiger partial charge on any atom is 0.303 e. The van der Waals surface area contributed by atoms with Gasteiger partial charge in [0.2, 0.25) is 0 Å². The average Bonchev–Trinajstić information content (AvgIpc) is 3.09. The minimum absolute atomic E-state index is 0.0961. The molecule has 0 amide bonds. The maximum atomic E-state index is 14.5. The van der Waals surface area contributed by atoms with Crippen LogP contribution in [0.4, 0.5) is 4.39 Å². The number of carboxylic acid groups (broad SMARTS) is 1. The van der Waals surface area contributed by atoms with E-state index in [-0.39, 0.29) is 12.2 Å². The molecule has 0 spiro atoms. The summed E-state index contributed by atoms with van der Waals surface area (Å²) in [7, 11) is 0. The molecule has 0 fully saturated rings. The fourth-order valence-electron chi connectivity index (χ4n) is 3.72. The fraction of sp³-hybridized carbons (Fsp3) is 0.160. The van der Waals surface area contributed by atoms with Crippen LogP contribution < -0.4 is 0 Å². The molecule has 1 aromatic heterocycles. The van der Waals surface area contributed by atoms with E-state index < -0.39 is 5.97 Å². The Morgan fingerprint density at radius 1 is 0.862 bits per heavy atom. The lowest BCUT2D eigenvalue weighted by Crippen LogP contribution is -1.98. The zero-order chi connectivity index (χ0) is 20.2. The first kappa shape index (κ1) is 18.9. The number of para-hydroxylation sites is 1. The number of rotatable bonds is 7. The van der Waals surface area contributed by atoms with Gasteiger partial charge in [-0.25, -0.2) is 4.39 Å². The fourth-order valence-corrected chi connectivity index (χ4v) is 3.72. The first-order valence-electron chi connectivity index (χ1n) is 9.75. The van der Waals surface area contributed by atoms with Gasteiger partial charge in [0, 0.05) is 18.0 Å². The second-order valence-electron chi connectivity index (χ2n) is 7.21. The first-order valence-corrected chi connectivity index (χ1v) is 9.75. The molecule has 0 saturated heterocycles. The van der Waals surface area contributed by atoms with Crippen LogP contribution >= 0.6 is 0 Å². The zero-order valence-corrected chi connectivity index (χ0v) is 16.0. The Bertz CT molecular complexity index is 1150. The van der Waals surface area contributed by atoms with E-state index in [4.69, 9.17) is 5.11 Å². The van der Waals surface area contributed by atoms with Crippen molar-refractivity contribution in [2.45, 2.75) is 25.7 Å². The summed E-state index contributed by atoms with van der Waals surface area (Å²) in [5.74, 6) is -1.08. The van der Waals surface area contributed by atoms with Gasteiger partial charge in [0.25, 0.3) is 0 Å². The van der Waals surface area contributed by atoms with Crippen molar-refractivity contribution in [1.29, 1.82) is 0 Å². The van der Waals surface area contributed by atoms with E-state index in [0.717, 1.165) is 34.9 Å². The summed E-state index contributed by atoms with van der Waals surface area (Å²) in [6, 6.07) is 23.0. The Labute approximate surface area is 169 Å². The highest BCUT2D eigenvalue weighted by molar-refractivity contribution is 5.86. The minimum Gasteiger partial charge on any atom is -0.481 e. The maximum absolute atomic E-state index is 14.5. The van der Waals surface area contributed by atoms with Crippen LogP contribution in [0.1, 0.15) is 23.1 Å².